The first-order valence-corrected chi connectivity index (χ1v) is 10.4. The number of benzene rings is 1. The van der Waals surface area contributed by atoms with Crippen molar-refractivity contribution in [2.75, 3.05) is 6.54 Å². The van der Waals surface area contributed by atoms with Crippen LogP contribution in [0, 0.1) is 0 Å². The second-order valence-corrected chi connectivity index (χ2v) is 7.90. The van der Waals surface area contributed by atoms with Crippen LogP contribution in [-0.2, 0) is 0 Å². The van der Waals surface area contributed by atoms with Crippen molar-refractivity contribution in [2.24, 2.45) is 0 Å². The molecule has 1 atom stereocenters. The molecule has 0 N–H and O–H groups in total. The van der Waals surface area contributed by atoms with Crippen molar-refractivity contribution < 1.29 is 4.79 Å². The third kappa shape index (κ3) is 2.99. The third-order valence-corrected chi connectivity index (χ3v) is 6.17. The highest BCUT2D eigenvalue weighted by Crippen LogP contribution is 2.33. The monoisotopic (exact) mass is 388 g/mol. The summed E-state index contributed by atoms with van der Waals surface area (Å²) in [5.74, 6) is 0.0665. The Bertz CT molecular complexity index is 1100. The average molecular weight is 388 g/mol. The fourth-order valence-corrected chi connectivity index (χ4v) is 4.77. The number of imidazole rings is 1. The van der Waals surface area contributed by atoms with Crippen LogP contribution in [0.4, 0.5) is 0 Å². The molecule has 1 fully saturated rings. The molecule has 28 heavy (non-hydrogen) atoms. The van der Waals surface area contributed by atoms with E-state index in [2.05, 4.69) is 11.1 Å². The Morgan fingerprint density at radius 3 is 2.82 bits per heavy atom. The minimum Gasteiger partial charge on any atom is -0.330 e. The number of carbonyl (C=O) groups is 1. The first-order valence-electron chi connectivity index (χ1n) is 9.54. The van der Waals surface area contributed by atoms with Gasteiger partial charge in [-0.15, -0.1) is 11.3 Å². The molecule has 0 aliphatic carbocycles. The van der Waals surface area contributed by atoms with Crippen molar-refractivity contribution in [1.29, 1.82) is 0 Å². The normalized spacial score (nSPS) is 17.1. The van der Waals surface area contributed by atoms with Gasteiger partial charge in [-0.1, -0.05) is 36.4 Å². The number of aromatic nitrogens is 3. The van der Waals surface area contributed by atoms with Crippen LogP contribution >= 0.6 is 11.3 Å². The molecule has 6 heteroatoms. The van der Waals surface area contributed by atoms with Crippen molar-refractivity contribution in [3.05, 3.63) is 77.7 Å². The van der Waals surface area contributed by atoms with Crippen LogP contribution in [0.1, 0.15) is 41.4 Å². The fraction of sp³-hybridized carbons (Fsp3) is 0.227. The third-order valence-electron chi connectivity index (χ3n) is 5.33. The number of piperidine rings is 1. The van der Waals surface area contributed by atoms with Gasteiger partial charge in [0, 0.05) is 36.1 Å². The first kappa shape index (κ1) is 17.1. The number of thiazole rings is 1. The van der Waals surface area contributed by atoms with Gasteiger partial charge in [0.25, 0.3) is 5.91 Å². The molecular formula is C22H20N4OS. The summed E-state index contributed by atoms with van der Waals surface area (Å²) in [6.45, 7) is 0.774. The highest BCUT2D eigenvalue weighted by molar-refractivity contribution is 7.15. The lowest BCUT2D eigenvalue weighted by molar-refractivity contribution is 0.0604. The quantitative estimate of drug-likeness (QED) is 0.505. The molecule has 5 rings (SSSR count). The minimum atomic E-state index is 0.0665. The van der Waals surface area contributed by atoms with Gasteiger partial charge in [0.15, 0.2) is 4.96 Å². The van der Waals surface area contributed by atoms with E-state index in [1.54, 1.807) is 6.20 Å². The van der Waals surface area contributed by atoms with E-state index in [1.807, 2.05) is 63.5 Å². The van der Waals surface area contributed by atoms with Crippen molar-refractivity contribution >= 4 is 22.2 Å². The highest BCUT2D eigenvalue weighted by atomic mass is 32.1. The molecule has 1 aromatic carbocycles. The Kier molecular flexibility index (Phi) is 4.41. The molecule has 0 unspecified atom stereocenters. The Labute approximate surface area is 167 Å². The number of nitrogens with zero attached hydrogens (tertiary/aromatic N) is 4. The Morgan fingerprint density at radius 1 is 1.11 bits per heavy atom. The van der Waals surface area contributed by atoms with Crippen LogP contribution in [0.2, 0.25) is 0 Å². The zero-order valence-corrected chi connectivity index (χ0v) is 16.2. The van der Waals surface area contributed by atoms with Gasteiger partial charge in [0.1, 0.15) is 5.69 Å². The largest absolute Gasteiger partial charge is 0.330 e. The summed E-state index contributed by atoms with van der Waals surface area (Å²) in [4.78, 5) is 25.3. The molecule has 5 nitrogen and oxygen atoms in total. The summed E-state index contributed by atoms with van der Waals surface area (Å²) in [7, 11) is 0. The van der Waals surface area contributed by atoms with Gasteiger partial charge in [-0.25, -0.2) is 4.98 Å². The number of amides is 1. The number of rotatable bonds is 3. The fourth-order valence-electron chi connectivity index (χ4n) is 3.93. The Balaban J connectivity index is 1.50. The van der Waals surface area contributed by atoms with Crippen molar-refractivity contribution in [3.63, 3.8) is 0 Å². The molecule has 0 saturated carbocycles. The topological polar surface area (TPSA) is 50.5 Å². The lowest BCUT2D eigenvalue weighted by atomic mass is 9.96. The van der Waals surface area contributed by atoms with E-state index < -0.39 is 0 Å². The molecule has 1 saturated heterocycles. The summed E-state index contributed by atoms with van der Waals surface area (Å²) in [6.07, 6.45) is 8.77. The van der Waals surface area contributed by atoms with Gasteiger partial charge in [0.05, 0.1) is 11.7 Å². The predicted octanol–water partition coefficient (Wildman–Crippen LogP) is 4.83. The molecule has 1 amide bonds. The van der Waals surface area contributed by atoms with Gasteiger partial charge in [-0.05, 0) is 30.9 Å². The number of fused-ring (bicyclic) bond motifs is 1. The van der Waals surface area contributed by atoms with E-state index in [-0.39, 0.29) is 11.9 Å². The summed E-state index contributed by atoms with van der Waals surface area (Å²) in [5, 5.41) is 1.92. The molecule has 3 aromatic heterocycles. The van der Waals surface area contributed by atoms with Crippen LogP contribution in [0.25, 0.3) is 16.2 Å². The molecular weight excluding hydrogens is 368 g/mol. The van der Waals surface area contributed by atoms with E-state index in [0.717, 1.165) is 47.6 Å². The SMILES string of the molecule is O=C(c1csc2nc(-c3ccccc3)cn12)N1CCCC[C@H]1c1cccnc1. The standard InChI is InChI=1S/C22H20N4OS/c27-21(25-12-5-4-10-19(25)17-9-6-11-23-13-17)20-15-28-22-24-18(14-26(20)22)16-7-2-1-3-8-16/h1-3,6-9,11,13-15,19H,4-5,10,12H2/t19-/m0/s1. The number of carbonyl (C=O) groups excluding carboxylic acids is 1. The molecule has 0 spiro atoms. The van der Waals surface area contributed by atoms with Crippen LogP contribution < -0.4 is 0 Å². The second-order valence-electron chi connectivity index (χ2n) is 7.06. The van der Waals surface area contributed by atoms with Crippen molar-refractivity contribution in [2.45, 2.75) is 25.3 Å². The van der Waals surface area contributed by atoms with Gasteiger partial charge < -0.3 is 4.90 Å². The molecule has 0 bridgehead atoms. The van der Waals surface area contributed by atoms with E-state index in [4.69, 9.17) is 4.98 Å². The molecule has 0 radical (unpaired) electrons. The summed E-state index contributed by atoms with van der Waals surface area (Å²) in [6, 6.07) is 14.2. The highest BCUT2D eigenvalue weighted by Gasteiger charge is 2.30. The zero-order chi connectivity index (χ0) is 18.9. The second kappa shape index (κ2) is 7.20. The summed E-state index contributed by atoms with van der Waals surface area (Å²) < 4.78 is 1.93. The zero-order valence-electron chi connectivity index (χ0n) is 15.4. The molecule has 4 heterocycles. The van der Waals surface area contributed by atoms with E-state index in [9.17, 15) is 4.79 Å². The van der Waals surface area contributed by atoms with Crippen molar-refractivity contribution in [3.8, 4) is 11.3 Å². The van der Waals surface area contributed by atoms with Crippen LogP contribution in [0.3, 0.4) is 0 Å². The lowest BCUT2D eigenvalue weighted by Gasteiger charge is -2.35. The van der Waals surface area contributed by atoms with E-state index in [1.165, 1.54) is 11.3 Å². The summed E-state index contributed by atoms with van der Waals surface area (Å²) >= 11 is 1.51. The lowest BCUT2D eigenvalue weighted by Crippen LogP contribution is -2.39. The minimum absolute atomic E-state index is 0.0665. The van der Waals surface area contributed by atoms with Gasteiger partial charge in [-0.2, -0.15) is 0 Å². The van der Waals surface area contributed by atoms with Gasteiger partial charge in [0.2, 0.25) is 0 Å². The average Bonchev–Trinajstić information content (AvgIpc) is 3.36. The summed E-state index contributed by atoms with van der Waals surface area (Å²) in [5.41, 5.74) is 3.75. The van der Waals surface area contributed by atoms with E-state index >= 15 is 0 Å². The first-order chi connectivity index (χ1) is 13.8. The van der Waals surface area contributed by atoms with E-state index in [0.29, 0.717) is 5.69 Å². The number of hydrogen-bond donors (Lipinski definition) is 0. The maximum atomic E-state index is 13.5. The van der Waals surface area contributed by atoms with Crippen LogP contribution in [0.15, 0.2) is 66.4 Å². The Hall–Kier alpha value is -2.99. The smallest absolute Gasteiger partial charge is 0.272 e. The maximum Gasteiger partial charge on any atom is 0.272 e. The molecule has 4 aromatic rings. The van der Waals surface area contributed by atoms with Gasteiger partial charge >= 0.3 is 0 Å². The molecule has 1 aliphatic rings. The van der Waals surface area contributed by atoms with Crippen molar-refractivity contribution in [1.82, 2.24) is 19.3 Å². The number of pyridine rings is 1. The number of likely N-dealkylation sites (tertiary alicyclic amines) is 1. The molecule has 140 valence electrons. The number of hydrogen-bond acceptors (Lipinski definition) is 4. The maximum absolute atomic E-state index is 13.5. The Morgan fingerprint density at radius 2 is 2.00 bits per heavy atom. The van der Waals surface area contributed by atoms with Crippen LogP contribution in [-0.4, -0.2) is 31.7 Å². The predicted molar refractivity (Wildman–Crippen MR) is 110 cm³/mol. The molecule has 1 aliphatic heterocycles. The van der Waals surface area contributed by atoms with Gasteiger partial charge in [-0.3, -0.25) is 14.2 Å². The van der Waals surface area contributed by atoms with Crippen LogP contribution in [0.5, 0.6) is 0 Å².